The minimum Gasteiger partial charge on any atom is -0.462 e. The Hall–Kier alpha value is -3.15. The quantitative estimate of drug-likeness (QED) is 0.0262. The van der Waals surface area contributed by atoms with Gasteiger partial charge in [-0.2, -0.15) is 0 Å². The SMILES string of the molecule is CC/C=C\C/C=C\C/C=C\C/C=C\C/C=C\C/C=C\CCC(=O)OCC(COC(=O)CCCCCCCCCCCCCC)OC(=O)CCCCCCCCCCCCCCCCCCCC. The summed E-state index contributed by atoms with van der Waals surface area (Å²) in [5.41, 5.74) is 0. The van der Waals surface area contributed by atoms with Crippen LogP contribution in [-0.4, -0.2) is 37.2 Å². The Labute approximate surface area is 414 Å². The van der Waals surface area contributed by atoms with Gasteiger partial charge in [-0.3, -0.25) is 14.4 Å². The summed E-state index contributed by atoms with van der Waals surface area (Å²) in [6.45, 7) is 6.48. The van der Waals surface area contributed by atoms with Gasteiger partial charge in [-0.15, -0.1) is 0 Å². The van der Waals surface area contributed by atoms with Crippen molar-refractivity contribution in [3.05, 3.63) is 72.9 Å². The molecule has 0 aromatic carbocycles. The highest BCUT2D eigenvalue weighted by molar-refractivity contribution is 5.71. The Kier molecular flexibility index (Phi) is 52.8. The summed E-state index contributed by atoms with van der Waals surface area (Å²) in [4.78, 5) is 38.1. The molecule has 0 aliphatic heterocycles. The molecule has 0 N–H and O–H groups in total. The summed E-state index contributed by atoms with van der Waals surface area (Å²) < 4.78 is 16.8. The lowest BCUT2D eigenvalue weighted by Crippen LogP contribution is -2.30. The molecule has 386 valence electrons. The Balaban J connectivity index is 4.44. The van der Waals surface area contributed by atoms with Crippen molar-refractivity contribution in [1.29, 1.82) is 0 Å². The van der Waals surface area contributed by atoms with Crippen molar-refractivity contribution >= 4 is 17.9 Å². The minimum atomic E-state index is -0.802. The number of carbonyl (C=O) groups is 3. The number of unbranched alkanes of at least 4 members (excludes halogenated alkanes) is 28. The summed E-state index contributed by atoms with van der Waals surface area (Å²) in [5, 5.41) is 0. The van der Waals surface area contributed by atoms with E-state index in [1.165, 1.54) is 154 Å². The van der Waals surface area contributed by atoms with Gasteiger partial charge in [-0.05, 0) is 57.8 Å². The van der Waals surface area contributed by atoms with Crippen molar-refractivity contribution in [1.82, 2.24) is 0 Å². The van der Waals surface area contributed by atoms with Crippen LogP contribution in [0.5, 0.6) is 0 Å². The van der Waals surface area contributed by atoms with Gasteiger partial charge in [0.15, 0.2) is 6.10 Å². The third kappa shape index (κ3) is 53.7. The van der Waals surface area contributed by atoms with Crippen LogP contribution in [0.1, 0.15) is 278 Å². The molecule has 6 heteroatoms. The van der Waals surface area contributed by atoms with Crippen molar-refractivity contribution < 1.29 is 28.6 Å². The molecule has 0 aromatic heterocycles. The number of esters is 3. The van der Waals surface area contributed by atoms with Crippen molar-refractivity contribution in [2.75, 3.05) is 13.2 Å². The van der Waals surface area contributed by atoms with E-state index in [4.69, 9.17) is 14.2 Å². The van der Waals surface area contributed by atoms with Crippen molar-refractivity contribution in [2.45, 2.75) is 284 Å². The Bertz CT molecular complexity index is 1260. The largest absolute Gasteiger partial charge is 0.462 e. The predicted octanol–water partition coefficient (Wildman–Crippen LogP) is 19.0. The van der Waals surface area contributed by atoms with Crippen LogP contribution < -0.4 is 0 Å². The summed E-state index contributed by atoms with van der Waals surface area (Å²) in [7, 11) is 0. The second kappa shape index (κ2) is 55.4. The number of ether oxygens (including phenoxy) is 3. The zero-order valence-corrected chi connectivity index (χ0v) is 44.2. The predicted molar refractivity (Wildman–Crippen MR) is 288 cm³/mol. The first-order chi connectivity index (χ1) is 33.0. The molecule has 0 spiro atoms. The Morgan fingerprint density at radius 2 is 0.582 bits per heavy atom. The minimum absolute atomic E-state index is 0.0949. The molecule has 0 radical (unpaired) electrons. The van der Waals surface area contributed by atoms with Gasteiger partial charge in [-0.25, -0.2) is 0 Å². The molecule has 0 saturated carbocycles. The van der Waals surface area contributed by atoms with Crippen LogP contribution in [-0.2, 0) is 28.6 Å². The van der Waals surface area contributed by atoms with E-state index in [0.717, 1.165) is 77.0 Å². The molecule has 67 heavy (non-hydrogen) atoms. The maximum Gasteiger partial charge on any atom is 0.306 e. The fourth-order valence-electron chi connectivity index (χ4n) is 8.00. The van der Waals surface area contributed by atoms with E-state index in [1.807, 2.05) is 6.08 Å². The lowest BCUT2D eigenvalue weighted by molar-refractivity contribution is -0.166. The van der Waals surface area contributed by atoms with Crippen LogP contribution in [0.25, 0.3) is 0 Å². The van der Waals surface area contributed by atoms with Crippen molar-refractivity contribution in [2.24, 2.45) is 0 Å². The Morgan fingerprint density at radius 3 is 0.910 bits per heavy atom. The highest BCUT2D eigenvalue weighted by atomic mass is 16.6. The molecule has 0 rings (SSSR count). The molecule has 0 saturated heterocycles. The van der Waals surface area contributed by atoms with Crippen LogP contribution >= 0.6 is 0 Å². The summed E-state index contributed by atoms with van der Waals surface area (Å²) in [6, 6.07) is 0. The number of carbonyl (C=O) groups excluding carboxylic acids is 3. The third-order valence-corrected chi connectivity index (χ3v) is 12.2. The van der Waals surface area contributed by atoms with Crippen molar-refractivity contribution in [3.8, 4) is 0 Å². The molecule has 0 amide bonds. The summed E-state index contributed by atoms with van der Waals surface area (Å²) in [5.74, 6) is -0.972. The second-order valence-electron chi connectivity index (χ2n) is 18.8. The van der Waals surface area contributed by atoms with Gasteiger partial charge in [0.25, 0.3) is 0 Å². The van der Waals surface area contributed by atoms with Crippen LogP contribution in [0.15, 0.2) is 72.9 Å². The molecule has 0 aliphatic rings. The van der Waals surface area contributed by atoms with E-state index in [1.54, 1.807) is 0 Å². The fraction of sp³-hybridized carbons (Fsp3) is 0.754. The molecular formula is C61H106O6. The highest BCUT2D eigenvalue weighted by Gasteiger charge is 2.19. The van der Waals surface area contributed by atoms with Crippen LogP contribution in [0.2, 0.25) is 0 Å². The topological polar surface area (TPSA) is 78.9 Å². The zero-order valence-electron chi connectivity index (χ0n) is 44.2. The fourth-order valence-corrected chi connectivity index (χ4v) is 8.00. The first-order valence-electron chi connectivity index (χ1n) is 28.4. The molecule has 1 unspecified atom stereocenters. The van der Waals surface area contributed by atoms with E-state index in [2.05, 4.69) is 87.6 Å². The lowest BCUT2D eigenvalue weighted by Gasteiger charge is -2.18. The number of hydrogen-bond acceptors (Lipinski definition) is 6. The first-order valence-corrected chi connectivity index (χ1v) is 28.4. The van der Waals surface area contributed by atoms with E-state index >= 15 is 0 Å². The molecular weight excluding hydrogens is 829 g/mol. The molecule has 1 atom stereocenters. The van der Waals surface area contributed by atoms with Crippen LogP contribution in [0, 0.1) is 0 Å². The van der Waals surface area contributed by atoms with E-state index < -0.39 is 6.10 Å². The molecule has 6 nitrogen and oxygen atoms in total. The summed E-state index contributed by atoms with van der Waals surface area (Å²) >= 11 is 0. The van der Waals surface area contributed by atoms with Crippen LogP contribution in [0.3, 0.4) is 0 Å². The standard InChI is InChI=1S/C61H106O6/c1-4-7-10-13-16-19-22-25-27-29-31-33-34-36-39-42-45-48-51-54-60(63)66-57-58(56-65-59(62)53-50-47-44-41-38-24-21-18-15-12-9-6-3)67-61(64)55-52-49-46-43-40-37-35-32-30-28-26-23-20-17-14-11-8-5-2/h7,10,16,19,25,27,31,33,36,39,45,48,58H,4-6,8-9,11-15,17-18,20-24,26,28-30,32,34-35,37-38,40-44,46-47,49-57H2,1-3H3/b10-7-,19-16-,27-25-,33-31-,39-36-,48-45-. The normalized spacial score (nSPS) is 12.6. The van der Waals surface area contributed by atoms with Gasteiger partial charge in [0.2, 0.25) is 0 Å². The average Bonchev–Trinajstić information content (AvgIpc) is 3.33. The number of allylic oxidation sites excluding steroid dienone is 12. The monoisotopic (exact) mass is 935 g/mol. The van der Waals surface area contributed by atoms with Crippen molar-refractivity contribution in [3.63, 3.8) is 0 Å². The van der Waals surface area contributed by atoms with E-state index in [-0.39, 0.29) is 37.5 Å². The molecule has 0 aromatic rings. The van der Waals surface area contributed by atoms with Crippen LogP contribution in [0.4, 0.5) is 0 Å². The number of hydrogen-bond donors (Lipinski definition) is 0. The first kappa shape index (κ1) is 63.8. The average molecular weight is 936 g/mol. The molecule has 0 heterocycles. The highest BCUT2D eigenvalue weighted by Crippen LogP contribution is 2.16. The van der Waals surface area contributed by atoms with Gasteiger partial charge in [0.05, 0.1) is 0 Å². The van der Waals surface area contributed by atoms with E-state index in [9.17, 15) is 14.4 Å². The zero-order chi connectivity index (χ0) is 48.6. The number of rotatable bonds is 51. The van der Waals surface area contributed by atoms with Gasteiger partial charge >= 0.3 is 17.9 Å². The van der Waals surface area contributed by atoms with Gasteiger partial charge < -0.3 is 14.2 Å². The second-order valence-corrected chi connectivity index (χ2v) is 18.8. The maximum atomic E-state index is 12.8. The molecule has 0 fully saturated rings. The maximum absolute atomic E-state index is 12.8. The van der Waals surface area contributed by atoms with Gasteiger partial charge in [-0.1, -0.05) is 273 Å². The van der Waals surface area contributed by atoms with E-state index in [0.29, 0.717) is 19.3 Å². The molecule has 0 aliphatic carbocycles. The lowest BCUT2D eigenvalue weighted by atomic mass is 10.0. The van der Waals surface area contributed by atoms with Gasteiger partial charge in [0.1, 0.15) is 13.2 Å². The summed E-state index contributed by atoms with van der Waals surface area (Å²) in [6.07, 6.45) is 70.5. The third-order valence-electron chi connectivity index (χ3n) is 12.2. The Morgan fingerprint density at radius 1 is 0.313 bits per heavy atom. The van der Waals surface area contributed by atoms with Gasteiger partial charge in [0, 0.05) is 19.3 Å². The smallest absolute Gasteiger partial charge is 0.306 e. The molecule has 0 bridgehead atoms.